The summed E-state index contributed by atoms with van der Waals surface area (Å²) in [7, 11) is -6.09. The van der Waals surface area contributed by atoms with Crippen LogP contribution in [-0.2, 0) is 14.9 Å². The monoisotopic (exact) mass is 577 g/mol. The number of rotatable bonds is 6. The molecule has 1 aromatic carbocycles. The molecule has 2 heterocycles. The minimum absolute atomic E-state index is 0.0655. The fourth-order valence-corrected chi connectivity index (χ4v) is 5.42. The quantitative estimate of drug-likeness (QED) is 0.300. The molecule has 0 spiro atoms. The van der Waals surface area contributed by atoms with Gasteiger partial charge in [0.2, 0.25) is 0 Å². The summed E-state index contributed by atoms with van der Waals surface area (Å²) in [6, 6.07) is 1.02. The average molecular weight is 578 g/mol. The second-order valence-electron chi connectivity index (χ2n) is 11.1. The van der Waals surface area contributed by atoms with E-state index in [-0.39, 0.29) is 40.2 Å². The van der Waals surface area contributed by atoms with Gasteiger partial charge in [0, 0.05) is 36.6 Å². The molecule has 1 saturated heterocycles. The fourth-order valence-electron chi connectivity index (χ4n) is 4.95. The van der Waals surface area contributed by atoms with E-state index < -0.39 is 44.4 Å². The number of hydrogen-bond acceptors (Lipinski definition) is 7. The predicted octanol–water partition coefficient (Wildman–Crippen LogP) is 4.75. The zero-order chi connectivity index (χ0) is 29.1. The molecule has 14 heteroatoms. The minimum atomic E-state index is -6.09. The molecular weight excluding hydrogens is 546 g/mol. The van der Waals surface area contributed by atoms with Crippen LogP contribution in [0, 0.1) is 18.7 Å². The number of hydrogen-bond donors (Lipinski definition) is 1. The van der Waals surface area contributed by atoms with E-state index in [1.54, 1.807) is 25.7 Å². The van der Waals surface area contributed by atoms with Crippen molar-refractivity contribution in [2.75, 3.05) is 18.0 Å². The molecule has 2 aliphatic rings. The van der Waals surface area contributed by atoms with Gasteiger partial charge in [0.25, 0.3) is 5.56 Å². The van der Waals surface area contributed by atoms with Gasteiger partial charge in [-0.3, -0.25) is 4.79 Å². The number of alkyl halides is 3. The Bertz CT molecular complexity index is 1460. The molecule has 1 aliphatic heterocycles. The number of halogens is 4. The van der Waals surface area contributed by atoms with Gasteiger partial charge < -0.3 is 23.7 Å². The lowest BCUT2D eigenvalue weighted by Crippen LogP contribution is -2.42. The van der Waals surface area contributed by atoms with Crippen molar-refractivity contribution in [2.24, 2.45) is 5.92 Å². The number of nitrogens with zero attached hydrogens (tertiary/aromatic N) is 2. The van der Waals surface area contributed by atoms with E-state index in [0.29, 0.717) is 38.4 Å². The summed E-state index contributed by atoms with van der Waals surface area (Å²) in [6.07, 6.45) is 1.32. The highest BCUT2D eigenvalue weighted by atomic mass is 32.2. The van der Waals surface area contributed by atoms with Crippen LogP contribution in [0.1, 0.15) is 58.6 Å². The number of nitrogens with one attached hydrogen (secondary N) is 1. The van der Waals surface area contributed by atoms with Crippen molar-refractivity contribution in [1.29, 1.82) is 0 Å². The van der Waals surface area contributed by atoms with Crippen molar-refractivity contribution in [3.8, 4) is 5.75 Å². The molecule has 0 radical (unpaired) electrons. The van der Waals surface area contributed by atoms with Crippen molar-refractivity contribution in [3.05, 3.63) is 33.9 Å². The second kappa shape index (κ2) is 9.86. The van der Waals surface area contributed by atoms with Crippen LogP contribution in [-0.4, -0.2) is 49.3 Å². The Hall–Kier alpha value is -3.03. The maximum atomic E-state index is 15.6. The summed E-state index contributed by atoms with van der Waals surface area (Å²) in [5.41, 5.74) is -6.59. The molecule has 216 valence electrons. The van der Waals surface area contributed by atoms with Gasteiger partial charge in [-0.05, 0) is 71.4 Å². The van der Waals surface area contributed by atoms with Gasteiger partial charge in [-0.15, -0.1) is 0 Å². The smallest absolute Gasteiger partial charge is 0.444 e. The minimum Gasteiger partial charge on any atom is -0.444 e. The lowest BCUT2D eigenvalue weighted by atomic mass is 10.0. The number of carbonyl (C=O) groups excluding carboxylic acids is 1. The first-order valence-corrected chi connectivity index (χ1v) is 13.9. The van der Waals surface area contributed by atoms with Crippen LogP contribution in [0.5, 0.6) is 5.75 Å². The largest absolute Gasteiger partial charge is 0.534 e. The Kier molecular flexibility index (Phi) is 7.32. The molecule has 2 fully saturated rings. The number of aryl methyl sites for hydroxylation is 1. The van der Waals surface area contributed by atoms with Crippen LogP contribution in [0.4, 0.5) is 28.0 Å². The van der Waals surface area contributed by atoms with Crippen molar-refractivity contribution in [3.63, 3.8) is 0 Å². The molecule has 1 aliphatic carbocycles. The number of anilines is 1. The van der Waals surface area contributed by atoms with Crippen LogP contribution < -0.4 is 20.0 Å². The summed E-state index contributed by atoms with van der Waals surface area (Å²) in [6.45, 7) is 9.36. The highest BCUT2D eigenvalue weighted by Gasteiger charge is 2.49. The maximum absolute atomic E-state index is 15.6. The molecule has 9 nitrogen and oxygen atoms in total. The summed E-state index contributed by atoms with van der Waals surface area (Å²) in [4.78, 5) is 26.9. The Labute approximate surface area is 223 Å². The molecule has 1 unspecified atom stereocenters. The zero-order valence-corrected chi connectivity index (χ0v) is 23.0. The number of pyridine rings is 1. The first kappa shape index (κ1) is 29.0. The number of benzene rings is 1. The van der Waals surface area contributed by atoms with Gasteiger partial charge >= 0.3 is 21.7 Å². The molecule has 1 aromatic heterocycles. The third-order valence-electron chi connectivity index (χ3n) is 6.85. The van der Waals surface area contributed by atoms with Crippen LogP contribution in [0.2, 0.25) is 0 Å². The van der Waals surface area contributed by atoms with Gasteiger partial charge in [0.15, 0.2) is 5.75 Å². The molecular formula is C25H31F4N3O6S. The zero-order valence-electron chi connectivity index (χ0n) is 22.2. The van der Waals surface area contributed by atoms with Crippen LogP contribution >= 0.6 is 0 Å². The Morgan fingerprint density at radius 3 is 2.36 bits per heavy atom. The van der Waals surface area contributed by atoms with E-state index in [1.165, 1.54) is 11.5 Å². The third kappa shape index (κ3) is 5.94. The van der Waals surface area contributed by atoms with E-state index in [4.69, 9.17) is 4.74 Å². The fraction of sp³-hybridized carbons (Fsp3) is 0.600. The van der Waals surface area contributed by atoms with Crippen molar-refractivity contribution < 1.29 is 39.7 Å². The normalized spacial score (nSPS) is 19.3. The second-order valence-corrected chi connectivity index (χ2v) is 12.6. The lowest BCUT2D eigenvalue weighted by molar-refractivity contribution is -0.0499. The maximum Gasteiger partial charge on any atom is 0.534 e. The van der Waals surface area contributed by atoms with Gasteiger partial charge in [-0.2, -0.15) is 21.6 Å². The Morgan fingerprint density at radius 2 is 1.79 bits per heavy atom. The van der Waals surface area contributed by atoms with Gasteiger partial charge in [0.05, 0.1) is 11.2 Å². The highest BCUT2D eigenvalue weighted by molar-refractivity contribution is 7.88. The Balaban J connectivity index is 1.71. The van der Waals surface area contributed by atoms with E-state index in [9.17, 15) is 31.2 Å². The van der Waals surface area contributed by atoms with E-state index in [2.05, 4.69) is 9.50 Å². The lowest BCUT2D eigenvalue weighted by Gasteiger charge is -2.27. The molecule has 0 bridgehead atoms. The summed E-state index contributed by atoms with van der Waals surface area (Å²) >= 11 is 0. The number of aromatic nitrogens is 1. The molecule has 1 amide bonds. The number of carbonyl (C=O) groups is 1. The highest BCUT2D eigenvalue weighted by Crippen LogP contribution is 2.43. The average Bonchev–Trinajstić information content (AvgIpc) is 3.48. The standard InChI is InChI=1S/C25H31F4N3O6S/c1-13-21-17(19(38-39(35,36)25(27,28)29)11-20(33)32(21)16-6-7-16)10-18(26)22(13)31-9-8-15(12-31)14(2)30-23(34)37-24(3,4)5/h10-11,14-16H,6-9,12H2,1-5H3,(H,30,34)/t14-,15?/m0/s1. The summed E-state index contributed by atoms with van der Waals surface area (Å²) < 4.78 is 89.0. The van der Waals surface area contributed by atoms with Crippen LogP contribution in [0.3, 0.4) is 0 Å². The summed E-state index contributed by atoms with van der Waals surface area (Å²) in [5.74, 6) is -1.75. The van der Waals surface area contributed by atoms with Gasteiger partial charge in [-0.25, -0.2) is 9.18 Å². The van der Waals surface area contributed by atoms with Crippen molar-refractivity contribution >= 4 is 32.8 Å². The molecule has 39 heavy (non-hydrogen) atoms. The predicted molar refractivity (Wildman–Crippen MR) is 136 cm³/mol. The van der Waals surface area contributed by atoms with Gasteiger partial charge in [0.1, 0.15) is 11.4 Å². The molecule has 4 rings (SSSR count). The number of alkyl carbamates (subject to hydrolysis) is 1. The van der Waals surface area contributed by atoms with Crippen molar-refractivity contribution in [2.45, 2.75) is 77.1 Å². The molecule has 1 saturated carbocycles. The van der Waals surface area contributed by atoms with Crippen molar-refractivity contribution in [1.82, 2.24) is 9.88 Å². The number of fused-ring (bicyclic) bond motifs is 1. The topological polar surface area (TPSA) is 107 Å². The van der Waals surface area contributed by atoms with E-state index in [1.807, 2.05) is 6.92 Å². The number of amides is 1. The van der Waals surface area contributed by atoms with E-state index in [0.717, 1.165) is 6.07 Å². The first-order valence-electron chi connectivity index (χ1n) is 12.5. The Morgan fingerprint density at radius 1 is 1.15 bits per heavy atom. The third-order valence-corrected chi connectivity index (χ3v) is 7.81. The molecule has 1 N–H and O–H groups in total. The molecule has 2 aromatic rings. The van der Waals surface area contributed by atoms with Crippen LogP contribution in [0.15, 0.2) is 16.9 Å². The first-order chi connectivity index (χ1) is 17.9. The van der Waals surface area contributed by atoms with Crippen LogP contribution in [0.25, 0.3) is 10.9 Å². The SMILES string of the molecule is Cc1c(N2CCC([C@H](C)NC(=O)OC(C)(C)C)C2)c(F)cc2c(OS(=O)(=O)C(F)(F)F)cc(=O)n(C3CC3)c12. The number of ether oxygens (including phenoxy) is 1. The summed E-state index contributed by atoms with van der Waals surface area (Å²) in [5, 5.41) is 2.55. The van der Waals surface area contributed by atoms with Gasteiger partial charge in [-0.1, -0.05) is 0 Å². The molecule has 2 atom stereocenters. The van der Waals surface area contributed by atoms with E-state index >= 15 is 4.39 Å².